The lowest BCUT2D eigenvalue weighted by Gasteiger charge is -2.29. The lowest BCUT2D eigenvalue weighted by Crippen LogP contribution is -2.37. The number of ether oxygens (including phenoxy) is 1. The van der Waals surface area contributed by atoms with Crippen molar-refractivity contribution in [2.45, 2.75) is 25.7 Å². The molecule has 0 aromatic carbocycles. The molecule has 14 heavy (non-hydrogen) atoms. The molecule has 0 unspecified atom stereocenters. The highest BCUT2D eigenvalue weighted by molar-refractivity contribution is 5.79. The predicted octanol–water partition coefficient (Wildman–Crippen LogP) is 1.73. The van der Waals surface area contributed by atoms with Gasteiger partial charge in [-0.15, -0.1) is 0 Å². The Kier molecular flexibility index (Phi) is 4.79. The molecule has 5 heteroatoms. The maximum absolute atomic E-state index is 11.7. The number of hydrogen-bond acceptors (Lipinski definition) is 2. The van der Waals surface area contributed by atoms with E-state index < -0.39 is 13.0 Å². The number of alkyl halides is 2. The molecule has 1 aliphatic rings. The minimum Gasteiger partial charge on any atom is -0.374 e. The first-order valence-corrected chi connectivity index (χ1v) is 4.88. The minimum absolute atomic E-state index is 0.284. The summed E-state index contributed by atoms with van der Waals surface area (Å²) < 4.78 is 28.2. The van der Waals surface area contributed by atoms with E-state index in [2.05, 4.69) is 0 Å². The molecule has 0 bridgehead atoms. The van der Waals surface area contributed by atoms with Crippen molar-refractivity contribution < 1.29 is 13.5 Å². The Hall–Kier alpha value is -0.710. The Labute approximate surface area is 82.5 Å². The van der Waals surface area contributed by atoms with Crippen LogP contribution in [0, 0.1) is 5.41 Å². The molecule has 0 spiro atoms. The summed E-state index contributed by atoms with van der Waals surface area (Å²) in [5.74, 6) is 0.608. The summed E-state index contributed by atoms with van der Waals surface area (Å²) in [5, 5.41) is 7.59. The van der Waals surface area contributed by atoms with E-state index in [4.69, 9.17) is 10.1 Å². The zero-order valence-electron chi connectivity index (χ0n) is 8.14. The standard InChI is InChI=1S/C9H16F2N2O/c10-8(11)7-14-6-5-13-4-2-1-3-9(13)12/h8,12H,1-7H2. The van der Waals surface area contributed by atoms with Crippen molar-refractivity contribution in [1.82, 2.24) is 4.90 Å². The zero-order chi connectivity index (χ0) is 10.4. The molecule has 1 aliphatic heterocycles. The van der Waals surface area contributed by atoms with E-state index in [1.807, 2.05) is 4.90 Å². The topological polar surface area (TPSA) is 36.3 Å². The maximum atomic E-state index is 11.7. The number of likely N-dealkylation sites (tertiary alicyclic amines) is 1. The van der Waals surface area contributed by atoms with Gasteiger partial charge in [0.2, 0.25) is 0 Å². The summed E-state index contributed by atoms with van der Waals surface area (Å²) >= 11 is 0. The quantitative estimate of drug-likeness (QED) is 0.695. The van der Waals surface area contributed by atoms with Gasteiger partial charge in [0.25, 0.3) is 6.43 Å². The Morgan fingerprint density at radius 2 is 2.21 bits per heavy atom. The van der Waals surface area contributed by atoms with Crippen LogP contribution >= 0.6 is 0 Å². The summed E-state index contributed by atoms with van der Waals surface area (Å²) in [4.78, 5) is 1.90. The van der Waals surface area contributed by atoms with Crippen molar-refractivity contribution in [3.8, 4) is 0 Å². The second-order valence-corrected chi connectivity index (χ2v) is 3.36. The largest absolute Gasteiger partial charge is 0.374 e. The fourth-order valence-corrected chi connectivity index (χ4v) is 1.48. The molecule has 1 saturated heterocycles. The molecular formula is C9H16F2N2O. The number of hydrogen-bond donors (Lipinski definition) is 1. The first-order valence-electron chi connectivity index (χ1n) is 4.88. The first-order chi connectivity index (χ1) is 6.70. The third-order valence-electron chi connectivity index (χ3n) is 2.22. The summed E-state index contributed by atoms with van der Waals surface area (Å²) in [6.45, 7) is 1.20. The van der Waals surface area contributed by atoms with Crippen molar-refractivity contribution in [2.24, 2.45) is 0 Å². The Morgan fingerprint density at radius 1 is 1.43 bits per heavy atom. The maximum Gasteiger partial charge on any atom is 0.261 e. The molecule has 1 rings (SSSR count). The van der Waals surface area contributed by atoms with Gasteiger partial charge in [0.1, 0.15) is 6.61 Å². The van der Waals surface area contributed by atoms with Crippen molar-refractivity contribution in [1.29, 1.82) is 5.41 Å². The van der Waals surface area contributed by atoms with Crippen LogP contribution in [-0.2, 0) is 4.74 Å². The molecule has 0 atom stereocenters. The summed E-state index contributed by atoms with van der Waals surface area (Å²) in [6, 6.07) is 0. The van der Waals surface area contributed by atoms with Gasteiger partial charge in [0.15, 0.2) is 0 Å². The molecule has 0 aliphatic carbocycles. The van der Waals surface area contributed by atoms with Crippen LogP contribution < -0.4 is 0 Å². The molecular weight excluding hydrogens is 190 g/mol. The lowest BCUT2D eigenvalue weighted by molar-refractivity contribution is 0.0136. The van der Waals surface area contributed by atoms with E-state index in [1.165, 1.54) is 0 Å². The normalized spacial score (nSPS) is 17.9. The first kappa shape index (κ1) is 11.4. The van der Waals surface area contributed by atoms with Crippen LogP contribution in [0.4, 0.5) is 8.78 Å². The smallest absolute Gasteiger partial charge is 0.261 e. The SMILES string of the molecule is N=C1CCCCN1CCOCC(F)F. The second kappa shape index (κ2) is 5.90. The predicted molar refractivity (Wildman–Crippen MR) is 50.0 cm³/mol. The number of rotatable bonds is 5. The molecule has 0 aromatic rings. The number of nitrogens with zero attached hydrogens (tertiary/aromatic N) is 1. The molecule has 0 radical (unpaired) electrons. The van der Waals surface area contributed by atoms with Gasteiger partial charge in [-0.1, -0.05) is 0 Å². The molecule has 82 valence electrons. The van der Waals surface area contributed by atoms with Crippen molar-refractivity contribution >= 4 is 5.84 Å². The van der Waals surface area contributed by atoms with Crippen molar-refractivity contribution in [3.63, 3.8) is 0 Å². The average molecular weight is 206 g/mol. The van der Waals surface area contributed by atoms with Crippen molar-refractivity contribution in [2.75, 3.05) is 26.3 Å². The van der Waals surface area contributed by atoms with Gasteiger partial charge >= 0.3 is 0 Å². The fourth-order valence-electron chi connectivity index (χ4n) is 1.48. The third kappa shape index (κ3) is 4.00. The van der Waals surface area contributed by atoms with Gasteiger partial charge in [-0.05, 0) is 12.8 Å². The number of amidine groups is 1. The van der Waals surface area contributed by atoms with Gasteiger partial charge in [-0.2, -0.15) is 0 Å². The fraction of sp³-hybridized carbons (Fsp3) is 0.889. The van der Waals surface area contributed by atoms with Gasteiger partial charge in [0.05, 0.1) is 12.4 Å². The van der Waals surface area contributed by atoms with Crippen LogP contribution in [0.5, 0.6) is 0 Å². The van der Waals surface area contributed by atoms with Gasteiger partial charge in [-0.25, -0.2) is 8.78 Å². The number of nitrogens with one attached hydrogen (secondary N) is 1. The Morgan fingerprint density at radius 3 is 2.86 bits per heavy atom. The van der Waals surface area contributed by atoms with E-state index in [-0.39, 0.29) is 6.61 Å². The highest BCUT2D eigenvalue weighted by Gasteiger charge is 2.14. The highest BCUT2D eigenvalue weighted by Crippen LogP contribution is 2.10. The molecule has 1 N–H and O–H groups in total. The van der Waals surface area contributed by atoms with E-state index in [9.17, 15) is 8.78 Å². The Bertz CT molecular complexity index is 188. The van der Waals surface area contributed by atoms with Crippen LogP contribution in [0.25, 0.3) is 0 Å². The second-order valence-electron chi connectivity index (χ2n) is 3.36. The molecule has 0 saturated carbocycles. The lowest BCUT2D eigenvalue weighted by atomic mass is 10.1. The highest BCUT2D eigenvalue weighted by atomic mass is 19.3. The van der Waals surface area contributed by atoms with E-state index in [1.54, 1.807) is 0 Å². The molecule has 0 aromatic heterocycles. The average Bonchev–Trinajstić information content (AvgIpc) is 2.15. The van der Waals surface area contributed by atoms with Crippen LogP contribution in [0.15, 0.2) is 0 Å². The van der Waals surface area contributed by atoms with Crippen LogP contribution in [0.1, 0.15) is 19.3 Å². The molecule has 0 amide bonds. The van der Waals surface area contributed by atoms with Gasteiger partial charge in [-0.3, -0.25) is 5.41 Å². The zero-order valence-corrected chi connectivity index (χ0v) is 8.14. The van der Waals surface area contributed by atoms with Crippen LogP contribution in [0.2, 0.25) is 0 Å². The molecule has 1 heterocycles. The summed E-state index contributed by atoms with van der Waals surface area (Å²) in [7, 11) is 0. The molecule has 1 fully saturated rings. The number of piperidine rings is 1. The van der Waals surface area contributed by atoms with E-state index in [0.29, 0.717) is 12.4 Å². The van der Waals surface area contributed by atoms with Gasteiger partial charge in [0, 0.05) is 19.5 Å². The third-order valence-corrected chi connectivity index (χ3v) is 2.22. The minimum atomic E-state index is -2.39. The van der Waals surface area contributed by atoms with Crippen LogP contribution in [-0.4, -0.2) is 43.5 Å². The van der Waals surface area contributed by atoms with E-state index in [0.717, 1.165) is 25.8 Å². The summed E-state index contributed by atoms with van der Waals surface area (Å²) in [5.41, 5.74) is 0. The Balaban J connectivity index is 2.07. The number of halogens is 2. The molecule has 3 nitrogen and oxygen atoms in total. The van der Waals surface area contributed by atoms with Gasteiger partial charge < -0.3 is 9.64 Å². The van der Waals surface area contributed by atoms with E-state index >= 15 is 0 Å². The summed E-state index contributed by atoms with van der Waals surface area (Å²) in [6.07, 6.45) is 0.551. The monoisotopic (exact) mass is 206 g/mol. The van der Waals surface area contributed by atoms with Crippen LogP contribution in [0.3, 0.4) is 0 Å². The van der Waals surface area contributed by atoms with Crippen molar-refractivity contribution in [3.05, 3.63) is 0 Å².